The Balaban J connectivity index is 1.56. The van der Waals surface area contributed by atoms with Gasteiger partial charge in [0.05, 0.1) is 10.8 Å². The monoisotopic (exact) mass is 326 g/mol. The zero-order valence-corrected chi connectivity index (χ0v) is 13.9. The first-order valence-corrected chi connectivity index (χ1v) is 8.98. The van der Waals surface area contributed by atoms with E-state index in [1.54, 1.807) is 0 Å². The third-order valence-corrected chi connectivity index (χ3v) is 5.13. The molecule has 5 heteroatoms. The van der Waals surface area contributed by atoms with Crippen LogP contribution in [-0.2, 0) is 4.79 Å². The predicted octanol–water partition coefficient (Wildman–Crippen LogP) is 3.42. The van der Waals surface area contributed by atoms with Gasteiger partial charge >= 0.3 is 0 Å². The third kappa shape index (κ3) is 6.29. The molecule has 0 aromatic heterocycles. The van der Waals surface area contributed by atoms with E-state index in [9.17, 15) is 4.79 Å². The molecule has 0 saturated carbocycles. The average Bonchev–Trinajstić information content (AvgIpc) is 2.52. The second kappa shape index (κ2) is 9.34. The quantitative estimate of drug-likeness (QED) is 0.615. The molecule has 2 rings (SSSR count). The number of hydrogen-bond acceptors (Lipinski definition) is 3. The molecule has 1 fully saturated rings. The van der Waals surface area contributed by atoms with E-state index in [0.717, 1.165) is 24.4 Å². The van der Waals surface area contributed by atoms with E-state index >= 15 is 0 Å². The molecule has 21 heavy (non-hydrogen) atoms. The molecular formula is C16H23ClN2OS. The summed E-state index contributed by atoms with van der Waals surface area (Å²) in [7, 11) is 0. The molecular weight excluding hydrogens is 304 g/mol. The summed E-state index contributed by atoms with van der Waals surface area (Å²) in [5.74, 6) is 0.506. The van der Waals surface area contributed by atoms with Crippen molar-refractivity contribution < 1.29 is 4.79 Å². The number of nitrogens with one attached hydrogen (secondary N) is 1. The molecule has 0 spiro atoms. The fourth-order valence-electron chi connectivity index (χ4n) is 2.47. The first-order chi connectivity index (χ1) is 10.3. The van der Waals surface area contributed by atoms with Gasteiger partial charge in [-0.3, -0.25) is 4.79 Å². The number of likely N-dealkylation sites (tertiary alicyclic amines) is 1. The van der Waals surface area contributed by atoms with E-state index in [2.05, 4.69) is 10.2 Å². The Bertz CT molecular complexity index is 450. The van der Waals surface area contributed by atoms with Crippen LogP contribution in [0, 0.1) is 0 Å². The molecule has 0 unspecified atom stereocenters. The summed E-state index contributed by atoms with van der Waals surface area (Å²) in [6, 6.07) is 7.62. The van der Waals surface area contributed by atoms with Crippen LogP contribution < -0.4 is 5.32 Å². The molecule has 0 atom stereocenters. The van der Waals surface area contributed by atoms with Gasteiger partial charge in [0.25, 0.3) is 0 Å². The summed E-state index contributed by atoms with van der Waals surface area (Å²) < 4.78 is 0. The van der Waals surface area contributed by atoms with Crippen molar-refractivity contribution in [2.75, 3.05) is 31.9 Å². The fourth-order valence-corrected chi connectivity index (χ4v) is 3.54. The van der Waals surface area contributed by atoms with Crippen LogP contribution in [-0.4, -0.2) is 42.7 Å². The van der Waals surface area contributed by atoms with Crippen molar-refractivity contribution in [3.63, 3.8) is 0 Å². The van der Waals surface area contributed by atoms with E-state index in [0.29, 0.717) is 10.8 Å². The van der Waals surface area contributed by atoms with Crippen molar-refractivity contribution >= 4 is 29.3 Å². The molecule has 1 heterocycles. The second-order valence-corrected chi connectivity index (χ2v) is 6.75. The van der Waals surface area contributed by atoms with Gasteiger partial charge in [-0.1, -0.05) is 30.2 Å². The normalized spacial score (nSPS) is 15.9. The van der Waals surface area contributed by atoms with Crippen molar-refractivity contribution in [2.24, 2.45) is 0 Å². The van der Waals surface area contributed by atoms with Crippen LogP contribution in [0.4, 0.5) is 0 Å². The number of benzene rings is 1. The molecule has 0 bridgehead atoms. The van der Waals surface area contributed by atoms with Crippen molar-refractivity contribution in [2.45, 2.75) is 30.6 Å². The van der Waals surface area contributed by atoms with Gasteiger partial charge < -0.3 is 10.2 Å². The predicted molar refractivity (Wildman–Crippen MR) is 90.1 cm³/mol. The maximum Gasteiger partial charge on any atom is 0.230 e. The van der Waals surface area contributed by atoms with Gasteiger partial charge in [0.2, 0.25) is 5.91 Å². The molecule has 0 radical (unpaired) electrons. The summed E-state index contributed by atoms with van der Waals surface area (Å²) in [5, 5.41) is 3.69. The molecule has 1 amide bonds. The Morgan fingerprint density at radius 3 is 2.76 bits per heavy atom. The van der Waals surface area contributed by atoms with Crippen LogP contribution in [0.1, 0.15) is 25.7 Å². The van der Waals surface area contributed by atoms with E-state index in [1.807, 2.05) is 24.3 Å². The van der Waals surface area contributed by atoms with E-state index < -0.39 is 0 Å². The number of rotatable bonds is 7. The minimum Gasteiger partial charge on any atom is -0.355 e. The van der Waals surface area contributed by atoms with Gasteiger partial charge in [0.1, 0.15) is 0 Å². The highest BCUT2D eigenvalue weighted by atomic mass is 35.5. The minimum absolute atomic E-state index is 0.0820. The lowest BCUT2D eigenvalue weighted by molar-refractivity contribution is -0.118. The van der Waals surface area contributed by atoms with E-state index in [1.165, 1.54) is 44.1 Å². The Morgan fingerprint density at radius 2 is 2.00 bits per heavy atom. The van der Waals surface area contributed by atoms with E-state index in [-0.39, 0.29) is 5.91 Å². The number of hydrogen-bond donors (Lipinski definition) is 1. The summed E-state index contributed by atoms with van der Waals surface area (Å²) in [5.41, 5.74) is 0. The SMILES string of the molecule is O=C(CSc1ccccc1Cl)NCCCN1CCCCC1. The number of amides is 1. The summed E-state index contributed by atoms with van der Waals surface area (Å²) >= 11 is 7.55. The van der Waals surface area contributed by atoms with Crippen LogP contribution >= 0.6 is 23.4 Å². The van der Waals surface area contributed by atoms with Gasteiger partial charge in [0.15, 0.2) is 0 Å². The number of piperidine rings is 1. The smallest absolute Gasteiger partial charge is 0.230 e. The zero-order valence-electron chi connectivity index (χ0n) is 12.3. The molecule has 3 nitrogen and oxygen atoms in total. The lowest BCUT2D eigenvalue weighted by Gasteiger charge is -2.26. The third-order valence-electron chi connectivity index (χ3n) is 3.62. The van der Waals surface area contributed by atoms with Crippen LogP contribution in [0.25, 0.3) is 0 Å². The maximum absolute atomic E-state index is 11.8. The molecule has 1 aliphatic heterocycles. The molecule has 1 aliphatic rings. The largest absolute Gasteiger partial charge is 0.355 e. The standard InChI is InChI=1S/C16H23ClN2OS/c17-14-7-2-3-8-15(14)21-13-16(20)18-9-6-12-19-10-4-1-5-11-19/h2-3,7-8H,1,4-6,9-13H2,(H,18,20). The lowest BCUT2D eigenvalue weighted by atomic mass is 10.1. The number of carbonyl (C=O) groups is 1. The van der Waals surface area contributed by atoms with Gasteiger partial charge in [-0.2, -0.15) is 0 Å². The van der Waals surface area contributed by atoms with Crippen LogP contribution in [0.5, 0.6) is 0 Å². The topological polar surface area (TPSA) is 32.3 Å². The molecule has 1 N–H and O–H groups in total. The van der Waals surface area contributed by atoms with Gasteiger partial charge in [-0.05, 0) is 51.0 Å². The Morgan fingerprint density at radius 1 is 1.24 bits per heavy atom. The number of halogens is 1. The number of thioether (sulfide) groups is 1. The molecule has 1 aromatic carbocycles. The first kappa shape index (κ1) is 16.7. The Labute approximate surface area is 136 Å². The highest BCUT2D eigenvalue weighted by molar-refractivity contribution is 8.00. The highest BCUT2D eigenvalue weighted by Crippen LogP contribution is 2.26. The summed E-state index contributed by atoms with van der Waals surface area (Å²) in [6.07, 6.45) is 5.04. The number of nitrogens with zero attached hydrogens (tertiary/aromatic N) is 1. The molecule has 1 saturated heterocycles. The maximum atomic E-state index is 11.8. The van der Waals surface area contributed by atoms with Crippen molar-refractivity contribution in [3.05, 3.63) is 29.3 Å². The van der Waals surface area contributed by atoms with Gasteiger partial charge in [0, 0.05) is 11.4 Å². The van der Waals surface area contributed by atoms with Crippen molar-refractivity contribution in [3.8, 4) is 0 Å². The van der Waals surface area contributed by atoms with Gasteiger partial charge in [-0.15, -0.1) is 11.8 Å². The van der Waals surface area contributed by atoms with Crippen LogP contribution in [0.15, 0.2) is 29.2 Å². The Kier molecular flexibility index (Phi) is 7.41. The molecule has 0 aliphatic carbocycles. The lowest BCUT2D eigenvalue weighted by Crippen LogP contribution is -2.33. The van der Waals surface area contributed by atoms with Gasteiger partial charge in [-0.25, -0.2) is 0 Å². The van der Waals surface area contributed by atoms with E-state index in [4.69, 9.17) is 11.6 Å². The van der Waals surface area contributed by atoms with Crippen LogP contribution in [0.3, 0.4) is 0 Å². The molecule has 1 aromatic rings. The number of carbonyl (C=O) groups excluding carboxylic acids is 1. The van der Waals surface area contributed by atoms with Crippen molar-refractivity contribution in [1.82, 2.24) is 10.2 Å². The minimum atomic E-state index is 0.0820. The average molecular weight is 327 g/mol. The fraction of sp³-hybridized carbons (Fsp3) is 0.562. The summed E-state index contributed by atoms with van der Waals surface area (Å²) in [6.45, 7) is 4.29. The highest BCUT2D eigenvalue weighted by Gasteiger charge is 2.09. The zero-order chi connectivity index (χ0) is 14.9. The first-order valence-electron chi connectivity index (χ1n) is 7.62. The summed E-state index contributed by atoms with van der Waals surface area (Å²) in [4.78, 5) is 15.2. The second-order valence-electron chi connectivity index (χ2n) is 5.32. The molecule has 116 valence electrons. The van der Waals surface area contributed by atoms with Crippen molar-refractivity contribution in [1.29, 1.82) is 0 Å². The Hall–Kier alpha value is -0.710. The van der Waals surface area contributed by atoms with Crippen LogP contribution in [0.2, 0.25) is 5.02 Å².